The Balaban J connectivity index is 2.30. The first-order valence-electron chi connectivity index (χ1n) is 5.70. The topological polar surface area (TPSA) is 98.5 Å². The van der Waals surface area contributed by atoms with E-state index in [1.54, 1.807) is 0 Å². The summed E-state index contributed by atoms with van der Waals surface area (Å²) in [7, 11) is -3.07. The average molecular weight is 264 g/mol. The Morgan fingerprint density at radius 3 is 2.59 bits per heavy atom. The first kappa shape index (κ1) is 14.4. The third-order valence-corrected chi connectivity index (χ3v) is 3.68. The number of carbonyl (C=O) groups excluding carboxylic acids is 1. The van der Waals surface area contributed by atoms with Crippen molar-refractivity contribution in [2.75, 3.05) is 25.2 Å². The maximum atomic E-state index is 11.7. The van der Waals surface area contributed by atoms with Gasteiger partial charge in [0.15, 0.2) is 0 Å². The van der Waals surface area contributed by atoms with Crippen LogP contribution in [-0.4, -0.2) is 51.6 Å². The summed E-state index contributed by atoms with van der Waals surface area (Å²) in [4.78, 5) is 11.7. The molecule has 0 spiro atoms. The van der Waals surface area contributed by atoms with Crippen LogP contribution < -0.4 is 11.1 Å². The Kier molecular flexibility index (Phi) is 5.35. The number of nitrogens with two attached hydrogens (primary N) is 1. The summed E-state index contributed by atoms with van der Waals surface area (Å²) in [5, 5.41) is 2.82. The number of amides is 1. The van der Waals surface area contributed by atoms with Gasteiger partial charge in [0.25, 0.3) is 0 Å². The van der Waals surface area contributed by atoms with E-state index in [0.717, 1.165) is 19.1 Å². The zero-order valence-electron chi connectivity index (χ0n) is 10.0. The van der Waals surface area contributed by atoms with E-state index in [4.69, 9.17) is 10.5 Å². The molecule has 0 saturated carbocycles. The Morgan fingerprint density at radius 1 is 1.47 bits per heavy atom. The summed E-state index contributed by atoms with van der Waals surface area (Å²) in [6.45, 7) is 1.28. The zero-order valence-corrected chi connectivity index (χ0v) is 10.8. The summed E-state index contributed by atoms with van der Waals surface area (Å²) in [5.41, 5.74) is 5.63. The van der Waals surface area contributed by atoms with Crippen LogP contribution in [0.15, 0.2) is 0 Å². The van der Waals surface area contributed by atoms with E-state index in [0.29, 0.717) is 13.2 Å². The van der Waals surface area contributed by atoms with Crippen LogP contribution in [0.2, 0.25) is 0 Å². The lowest BCUT2D eigenvalue weighted by atomic mass is 10.1. The van der Waals surface area contributed by atoms with Crippen molar-refractivity contribution in [2.24, 2.45) is 5.73 Å². The van der Waals surface area contributed by atoms with E-state index in [2.05, 4.69) is 5.32 Å². The number of rotatable bonds is 5. The second kappa shape index (κ2) is 6.32. The number of hydrogen-bond donors (Lipinski definition) is 2. The molecule has 0 unspecified atom stereocenters. The lowest BCUT2D eigenvalue weighted by molar-refractivity contribution is -0.123. The van der Waals surface area contributed by atoms with Crippen molar-refractivity contribution in [2.45, 2.75) is 31.3 Å². The summed E-state index contributed by atoms with van der Waals surface area (Å²) in [6.07, 6.45) is 2.86. The lowest BCUT2D eigenvalue weighted by Gasteiger charge is -2.24. The zero-order chi connectivity index (χ0) is 12.9. The van der Waals surface area contributed by atoms with Gasteiger partial charge in [-0.1, -0.05) is 0 Å². The fraction of sp³-hybridized carbons (Fsp3) is 0.900. The van der Waals surface area contributed by atoms with Gasteiger partial charge in [0.05, 0.1) is 11.8 Å². The van der Waals surface area contributed by atoms with Gasteiger partial charge in [0.1, 0.15) is 9.84 Å². The van der Waals surface area contributed by atoms with Gasteiger partial charge in [-0.25, -0.2) is 8.42 Å². The number of sulfone groups is 1. The third-order valence-electron chi connectivity index (χ3n) is 2.70. The Bertz CT molecular complexity index is 349. The van der Waals surface area contributed by atoms with Crippen LogP contribution >= 0.6 is 0 Å². The predicted octanol–water partition coefficient (Wildman–Crippen LogP) is -0.956. The number of ether oxygens (including phenoxy) is 1. The van der Waals surface area contributed by atoms with Crippen molar-refractivity contribution in [3.63, 3.8) is 0 Å². The average Bonchev–Trinajstić information content (AvgIpc) is 2.26. The minimum Gasteiger partial charge on any atom is -0.381 e. The van der Waals surface area contributed by atoms with E-state index in [9.17, 15) is 13.2 Å². The fourth-order valence-electron chi connectivity index (χ4n) is 1.62. The quantitative estimate of drug-likeness (QED) is 0.666. The van der Waals surface area contributed by atoms with E-state index < -0.39 is 15.9 Å². The van der Waals surface area contributed by atoms with Crippen LogP contribution in [0, 0.1) is 0 Å². The largest absolute Gasteiger partial charge is 0.381 e. The minimum absolute atomic E-state index is 0.0602. The number of nitrogens with one attached hydrogen (secondary N) is 1. The fourth-order valence-corrected chi connectivity index (χ4v) is 2.30. The van der Waals surface area contributed by atoms with Crippen molar-refractivity contribution < 1.29 is 17.9 Å². The summed E-state index contributed by atoms with van der Waals surface area (Å²) >= 11 is 0. The van der Waals surface area contributed by atoms with Crippen molar-refractivity contribution in [3.8, 4) is 0 Å². The molecule has 0 bridgehead atoms. The molecule has 17 heavy (non-hydrogen) atoms. The highest BCUT2D eigenvalue weighted by Crippen LogP contribution is 2.06. The predicted molar refractivity (Wildman–Crippen MR) is 64.3 cm³/mol. The number of hydrogen-bond acceptors (Lipinski definition) is 5. The van der Waals surface area contributed by atoms with Gasteiger partial charge >= 0.3 is 0 Å². The second-order valence-electron chi connectivity index (χ2n) is 4.42. The van der Waals surface area contributed by atoms with Crippen molar-refractivity contribution in [1.82, 2.24) is 5.32 Å². The van der Waals surface area contributed by atoms with Crippen molar-refractivity contribution in [1.29, 1.82) is 0 Å². The van der Waals surface area contributed by atoms with Gasteiger partial charge in [-0.3, -0.25) is 4.79 Å². The molecule has 1 heterocycles. The van der Waals surface area contributed by atoms with Gasteiger partial charge in [-0.2, -0.15) is 0 Å². The lowest BCUT2D eigenvalue weighted by Crippen LogP contribution is -2.47. The van der Waals surface area contributed by atoms with Crippen LogP contribution in [0.4, 0.5) is 0 Å². The molecule has 0 aliphatic carbocycles. The van der Waals surface area contributed by atoms with Crippen LogP contribution in [0.1, 0.15) is 19.3 Å². The molecule has 1 atom stereocenters. The van der Waals surface area contributed by atoms with E-state index in [1.807, 2.05) is 0 Å². The first-order valence-corrected chi connectivity index (χ1v) is 7.76. The highest BCUT2D eigenvalue weighted by molar-refractivity contribution is 7.90. The van der Waals surface area contributed by atoms with E-state index in [1.165, 1.54) is 0 Å². The van der Waals surface area contributed by atoms with Crippen molar-refractivity contribution in [3.05, 3.63) is 0 Å². The van der Waals surface area contributed by atoms with Gasteiger partial charge in [0.2, 0.25) is 5.91 Å². The maximum Gasteiger partial charge on any atom is 0.237 e. The maximum absolute atomic E-state index is 11.7. The Hall–Kier alpha value is -0.660. The van der Waals surface area contributed by atoms with E-state index >= 15 is 0 Å². The second-order valence-corrected chi connectivity index (χ2v) is 6.68. The molecular formula is C10H20N2O4S. The van der Waals surface area contributed by atoms with Gasteiger partial charge in [-0.15, -0.1) is 0 Å². The van der Waals surface area contributed by atoms with Crippen LogP contribution in [0.25, 0.3) is 0 Å². The molecule has 1 amide bonds. The molecule has 1 saturated heterocycles. The van der Waals surface area contributed by atoms with E-state index in [-0.39, 0.29) is 24.1 Å². The first-order chi connectivity index (χ1) is 7.88. The molecule has 7 heteroatoms. The molecule has 3 N–H and O–H groups in total. The summed E-state index contributed by atoms with van der Waals surface area (Å²) in [5.74, 6) is -0.337. The van der Waals surface area contributed by atoms with Gasteiger partial charge in [-0.05, 0) is 19.3 Å². The number of carbonyl (C=O) groups is 1. The minimum atomic E-state index is -3.07. The molecule has 1 aliphatic heterocycles. The molecule has 100 valence electrons. The molecule has 0 aromatic carbocycles. The Morgan fingerprint density at radius 2 is 2.06 bits per heavy atom. The Labute approximate surface area is 102 Å². The molecule has 1 fully saturated rings. The molecular weight excluding hydrogens is 244 g/mol. The normalized spacial score (nSPS) is 19.9. The molecule has 0 radical (unpaired) electrons. The van der Waals surface area contributed by atoms with Crippen LogP contribution in [0.3, 0.4) is 0 Å². The molecule has 0 aromatic rings. The highest BCUT2D eigenvalue weighted by atomic mass is 32.2. The monoisotopic (exact) mass is 264 g/mol. The molecule has 0 aromatic heterocycles. The van der Waals surface area contributed by atoms with Gasteiger partial charge in [0, 0.05) is 25.5 Å². The van der Waals surface area contributed by atoms with Crippen LogP contribution in [-0.2, 0) is 19.4 Å². The molecule has 1 aliphatic rings. The SMILES string of the molecule is CS(=O)(=O)CC[C@H](N)C(=O)NC1CCOCC1. The van der Waals surface area contributed by atoms with Gasteiger partial charge < -0.3 is 15.8 Å². The van der Waals surface area contributed by atoms with Crippen LogP contribution in [0.5, 0.6) is 0 Å². The summed E-state index contributed by atoms with van der Waals surface area (Å²) < 4.78 is 27.1. The highest BCUT2D eigenvalue weighted by Gasteiger charge is 2.20. The van der Waals surface area contributed by atoms with Crippen molar-refractivity contribution >= 4 is 15.7 Å². The molecule has 6 nitrogen and oxygen atoms in total. The molecule has 1 rings (SSSR count). The summed E-state index contributed by atoms with van der Waals surface area (Å²) in [6, 6.07) is -0.659. The smallest absolute Gasteiger partial charge is 0.237 e. The standard InChI is InChI=1S/C10H20N2O4S/c1-17(14,15)7-4-9(11)10(13)12-8-2-5-16-6-3-8/h8-9H,2-7,11H2,1H3,(H,12,13)/t9-/m0/s1. The third kappa shape index (κ3) is 5.99.